The number of rotatable bonds is 6. The molecule has 36 heavy (non-hydrogen) atoms. The minimum absolute atomic E-state index is 0. The van der Waals surface area contributed by atoms with Crippen LogP contribution in [-0.2, 0) is 11.2 Å². The van der Waals surface area contributed by atoms with Gasteiger partial charge in [0.05, 0.1) is 17.4 Å². The fraction of sp³-hybridized carbons (Fsp3) is 0.433. The molecule has 192 valence electrons. The first-order valence-electron chi connectivity index (χ1n) is 13.0. The van der Waals surface area contributed by atoms with E-state index in [2.05, 4.69) is 56.3 Å². The minimum Gasteiger partial charge on any atom is -0.368 e. The van der Waals surface area contributed by atoms with Crippen molar-refractivity contribution in [3.8, 4) is 0 Å². The van der Waals surface area contributed by atoms with Crippen LogP contribution < -0.4 is 0 Å². The average molecular weight is 488 g/mol. The predicted molar refractivity (Wildman–Crippen MR) is 149 cm³/mol. The Morgan fingerprint density at radius 3 is 2.64 bits per heavy atom. The lowest BCUT2D eigenvalue weighted by Crippen LogP contribution is -2.46. The lowest BCUT2D eigenvalue weighted by atomic mass is 10.0. The van der Waals surface area contributed by atoms with E-state index in [1.54, 1.807) is 6.08 Å². The van der Waals surface area contributed by atoms with Gasteiger partial charge >= 0.3 is 0 Å². The first-order valence-corrected chi connectivity index (χ1v) is 13.0. The number of fused-ring (bicyclic) bond motifs is 1. The van der Waals surface area contributed by atoms with E-state index in [0.717, 1.165) is 67.3 Å². The van der Waals surface area contributed by atoms with E-state index < -0.39 is 0 Å². The summed E-state index contributed by atoms with van der Waals surface area (Å²) >= 11 is 0. The van der Waals surface area contributed by atoms with Gasteiger partial charge in [0.2, 0.25) is 0 Å². The molecule has 0 N–H and O–H groups in total. The van der Waals surface area contributed by atoms with Crippen molar-refractivity contribution in [2.24, 2.45) is 0 Å². The first kappa shape index (κ1) is 27.3. The highest BCUT2D eigenvalue weighted by Crippen LogP contribution is 2.23. The van der Waals surface area contributed by atoms with Crippen LogP contribution in [0.25, 0.3) is 11.2 Å². The summed E-state index contributed by atoms with van der Waals surface area (Å²) in [4.78, 5) is 24.5. The lowest BCUT2D eigenvalue weighted by molar-refractivity contribution is -0.124. The van der Waals surface area contributed by atoms with Crippen molar-refractivity contribution in [3.63, 3.8) is 0 Å². The molecule has 0 spiro atoms. The molecule has 1 unspecified atom stereocenters. The number of carbonyl (C=O) groups is 1. The zero-order valence-electron chi connectivity index (χ0n) is 23.7. The predicted octanol–water partition coefficient (Wildman–Crippen LogP) is 5.14. The van der Waals surface area contributed by atoms with Gasteiger partial charge in [-0.1, -0.05) is 26.8 Å². The lowest BCUT2D eigenvalue weighted by Gasteiger charge is -2.38. The number of imidazole rings is 1. The van der Waals surface area contributed by atoms with Gasteiger partial charge < -0.3 is 14.2 Å². The van der Waals surface area contributed by atoms with Crippen molar-refractivity contribution in [1.29, 1.82) is 0 Å². The fourth-order valence-electron chi connectivity index (χ4n) is 4.57. The first-order chi connectivity index (χ1) is 17.4. The molecule has 1 atom stereocenters. The second kappa shape index (κ2) is 12.6. The molecule has 0 aromatic carbocycles. The van der Waals surface area contributed by atoms with Crippen LogP contribution in [0.1, 0.15) is 52.9 Å². The number of pyridine rings is 1. The number of carbonyl (C=O) groups excluding carboxylic acids is 1. The molecule has 0 saturated carbocycles. The summed E-state index contributed by atoms with van der Waals surface area (Å²) in [6.45, 7) is 22.1. The summed E-state index contributed by atoms with van der Waals surface area (Å²) < 4.78 is 2.07. The van der Waals surface area contributed by atoms with Gasteiger partial charge in [-0.3, -0.25) is 9.69 Å². The van der Waals surface area contributed by atoms with Crippen LogP contribution >= 0.6 is 0 Å². The minimum atomic E-state index is -0.00550. The molecule has 6 heteroatoms. The van der Waals surface area contributed by atoms with Crippen LogP contribution in [0, 0.1) is 13.5 Å². The number of amides is 1. The molecular formula is C30H41N5O. The van der Waals surface area contributed by atoms with Crippen LogP contribution in [-0.4, -0.2) is 68.8 Å². The van der Waals surface area contributed by atoms with Crippen LogP contribution in [0.15, 0.2) is 60.4 Å². The van der Waals surface area contributed by atoms with E-state index in [1.807, 2.05) is 58.0 Å². The monoisotopic (exact) mass is 487 g/mol. The van der Waals surface area contributed by atoms with E-state index in [-0.39, 0.29) is 13.4 Å². The smallest absolute Gasteiger partial charge is 0.251 e. The Bertz CT molecular complexity index is 1210. The fourth-order valence-corrected chi connectivity index (χ4v) is 4.57. The quantitative estimate of drug-likeness (QED) is 0.418. The molecule has 6 nitrogen and oxygen atoms in total. The van der Waals surface area contributed by atoms with E-state index in [0.29, 0.717) is 0 Å². The van der Waals surface area contributed by atoms with E-state index >= 15 is 0 Å². The largest absolute Gasteiger partial charge is 0.368 e. The molecule has 2 radical (unpaired) electrons. The molecule has 4 heterocycles. The Morgan fingerprint density at radius 2 is 1.97 bits per heavy atom. The number of piperazine rings is 1. The summed E-state index contributed by atoms with van der Waals surface area (Å²) in [6, 6.07) is 2.16. The van der Waals surface area contributed by atoms with Gasteiger partial charge in [0, 0.05) is 58.8 Å². The van der Waals surface area contributed by atoms with Gasteiger partial charge in [0.25, 0.3) is 5.91 Å². The Morgan fingerprint density at radius 1 is 1.25 bits per heavy atom. The van der Waals surface area contributed by atoms with Crippen molar-refractivity contribution < 1.29 is 6.22 Å². The highest BCUT2D eigenvalue weighted by Gasteiger charge is 2.23. The molecule has 0 aliphatic carbocycles. The number of allylic oxidation sites excluding steroid dienone is 2. The number of hydrogen-bond donors (Lipinski definition) is 0. The summed E-state index contributed by atoms with van der Waals surface area (Å²) in [5.41, 5.74) is 8.83. The van der Waals surface area contributed by atoms with Crippen molar-refractivity contribution in [1.82, 2.24) is 24.1 Å². The second-order valence-corrected chi connectivity index (χ2v) is 9.11. The molecule has 2 aliphatic heterocycles. The molecule has 1 amide bonds. The van der Waals surface area contributed by atoms with Gasteiger partial charge in [-0.2, -0.15) is 0 Å². The van der Waals surface area contributed by atoms with E-state index in [1.165, 1.54) is 5.56 Å². The number of nitrogens with zero attached hydrogens (tertiary/aromatic N) is 5. The molecular weight excluding hydrogens is 446 g/mol. The second-order valence-electron chi connectivity index (χ2n) is 9.11. The van der Waals surface area contributed by atoms with Crippen molar-refractivity contribution in [2.75, 3.05) is 32.7 Å². The Labute approximate surface area is 218 Å². The van der Waals surface area contributed by atoms with Gasteiger partial charge in [-0.15, -0.1) is 5.73 Å². The normalized spacial score (nSPS) is 18.4. The van der Waals surface area contributed by atoms with E-state index in [9.17, 15) is 4.79 Å². The van der Waals surface area contributed by atoms with Crippen LogP contribution in [0.5, 0.6) is 0 Å². The van der Waals surface area contributed by atoms with Crippen LogP contribution in [0.3, 0.4) is 0 Å². The third-order valence-electron chi connectivity index (χ3n) is 6.64. The third-order valence-corrected chi connectivity index (χ3v) is 6.64. The van der Waals surface area contributed by atoms with Gasteiger partial charge in [-0.25, -0.2) is 4.98 Å². The molecule has 1 fully saturated rings. The van der Waals surface area contributed by atoms with E-state index in [4.69, 9.17) is 6.58 Å². The molecule has 4 rings (SSSR count). The highest BCUT2D eigenvalue weighted by molar-refractivity contribution is 5.96. The summed E-state index contributed by atoms with van der Waals surface area (Å²) in [6.07, 6.45) is 14.8. The molecule has 2 aromatic rings. The standard InChI is InChI=1S/C28H34N5O.C2H6.H/c1-6-8-11-30-12-14-31(15-13-30)26-10-9-23(5)33(20-26)27(34)16-21(3)25-17-24(7-2)28-29-22(4)18-32(28)19-25;1-2;/h1,8-10,16-20,23H,7,11-15H2,2-5H3;1-2H3;/b21-16+;;. The summed E-state index contributed by atoms with van der Waals surface area (Å²) in [7, 11) is 0. The molecule has 2 aromatic heterocycles. The maximum absolute atomic E-state index is 13.3. The average Bonchev–Trinajstić information content (AvgIpc) is 3.28. The van der Waals surface area contributed by atoms with Crippen LogP contribution in [0.2, 0.25) is 0 Å². The maximum Gasteiger partial charge on any atom is 0.251 e. The summed E-state index contributed by atoms with van der Waals surface area (Å²) in [5, 5.41) is 0. The molecule has 1 saturated heterocycles. The number of aromatic nitrogens is 2. The third kappa shape index (κ3) is 6.26. The van der Waals surface area contributed by atoms with Crippen molar-refractivity contribution in [2.45, 2.75) is 54.0 Å². The zero-order valence-corrected chi connectivity index (χ0v) is 22.7. The zero-order chi connectivity index (χ0) is 26.2. The molecule has 0 bridgehead atoms. The van der Waals surface area contributed by atoms with Crippen LogP contribution in [0.4, 0.5) is 0 Å². The van der Waals surface area contributed by atoms with Crippen molar-refractivity contribution in [3.05, 3.63) is 83.8 Å². The Kier molecular flexibility index (Phi) is 9.51. The van der Waals surface area contributed by atoms with Crippen molar-refractivity contribution >= 4 is 17.1 Å². The van der Waals surface area contributed by atoms with Gasteiger partial charge in [0.15, 0.2) is 0 Å². The number of aryl methyl sites for hydroxylation is 2. The number of hydrogen-bond acceptors (Lipinski definition) is 4. The SMILES string of the molecule is CC.[CH]=C=CCN1CCN(C2=CN(C(=O)/C=C(\C)c3cc(CC)c4nc(C)cn4c3)C(C)C=C2)CC1.[H]. The Hall–Kier alpha value is -3.34. The summed E-state index contributed by atoms with van der Waals surface area (Å²) in [5.74, 6) is -0.00550. The topological polar surface area (TPSA) is 44.1 Å². The highest BCUT2D eigenvalue weighted by atomic mass is 16.2. The maximum atomic E-state index is 13.3. The Balaban J connectivity index is 0.00000157. The molecule has 2 aliphatic rings. The van der Waals surface area contributed by atoms with Gasteiger partial charge in [-0.05, 0) is 68.7 Å². The van der Waals surface area contributed by atoms with Gasteiger partial charge in [0.1, 0.15) is 5.65 Å².